The Bertz CT molecular complexity index is 929. The standard InChI is InChI=1S/C18H13ClFN3O3/c19-12-6-2-1-5-11(12)9-15-17(25)23(18(26)22-15)10-16(24)21-14-8-4-3-7-13(14)20/h1-9H,10H2,(H,21,24)(H,22,26)/b15-9+. The number of benzene rings is 2. The number of anilines is 1. The van der Waals surface area contributed by atoms with E-state index in [1.54, 1.807) is 30.3 Å². The minimum atomic E-state index is -0.739. The lowest BCUT2D eigenvalue weighted by atomic mass is 10.2. The van der Waals surface area contributed by atoms with Gasteiger partial charge in [0.25, 0.3) is 5.91 Å². The summed E-state index contributed by atoms with van der Waals surface area (Å²) in [5, 5.41) is 5.13. The van der Waals surface area contributed by atoms with Crippen LogP contribution in [0.5, 0.6) is 0 Å². The maximum atomic E-state index is 13.6. The van der Waals surface area contributed by atoms with Crippen LogP contribution >= 0.6 is 11.6 Å². The lowest BCUT2D eigenvalue weighted by Crippen LogP contribution is -2.38. The van der Waals surface area contributed by atoms with Crippen LogP contribution < -0.4 is 10.6 Å². The van der Waals surface area contributed by atoms with E-state index in [9.17, 15) is 18.8 Å². The largest absolute Gasteiger partial charge is 0.329 e. The van der Waals surface area contributed by atoms with Gasteiger partial charge in [0, 0.05) is 5.02 Å². The van der Waals surface area contributed by atoms with Crippen molar-refractivity contribution in [3.05, 3.63) is 70.6 Å². The summed E-state index contributed by atoms with van der Waals surface area (Å²) in [5.41, 5.74) is 0.522. The summed E-state index contributed by atoms with van der Waals surface area (Å²) in [6.07, 6.45) is 1.43. The predicted octanol–water partition coefficient (Wildman–Crippen LogP) is 3.01. The van der Waals surface area contributed by atoms with Gasteiger partial charge >= 0.3 is 6.03 Å². The van der Waals surface area contributed by atoms with E-state index >= 15 is 0 Å². The average Bonchev–Trinajstić information content (AvgIpc) is 2.86. The summed E-state index contributed by atoms with van der Waals surface area (Å²) in [5.74, 6) is -1.98. The minimum Gasteiger partial charge on any atom is -0.322 e. The lowest BCUT2D eigenvalue weighted by Gasteiger charge is -2.12. The molecule has 2 N–H and O–H groups in total. The quantitative estimate of drug-likeness (QED) is 0.638. The van der Waals surface area contributed by atoms with Crippen LogP contribution in [0.2, 0.25) is 5.02 Å². The number of para-hydroxylation sites is 1. The Hall–Kier alpha value is -3.19. The van der Waals surface area contributed by atoms with E-state index in [0.717, 1.165) is 4.90 Å². The Morgan fingerprint density at radius 3 is 2.58 bits per heavy atom. The number of nitrogens with one attached hydrogen (secondary N) is 2. The molecule has 2 aromatic carbocycles. The van der Waals surface area contributed by atoms with Crippen LogP contribution in [0, 0.1) is 5.82 Å². The zero-order valence-corrected chi connectivity index (χ0v) is 14.1. The van der Waals surface area contributed by atoms with Crippen molar-refractivity contribution in [1.29, 1.82) is 0 Å². The second kappa shape index (κ2) is 7.37. The summed E-state index contributed by atoms with van der Waals surface area (Å²) in [6.45, 7) is -0.543. The molecule has 6 nitrogen and oxygen atoms in total. The number of urea groups is 1. The van der Waals surface area contributed by atoms with Crippen LogP contribution in [0.25, 0.3) is 6.08 Å². The molecule has 1 saturated heterocycles. The number of hydrogen-bond acceptors (Lipinski definition) is 3. The second-order valence-electron chi connectivity index (χ2n) is 5.43. The highest BCUT2D eigenvalue weighted by molar-refractivity contribution is 6.32. The Kier molecular flexibility index (Phi) is 4.99. The van der Waals surface area contributed by atoms with E-state index in [1.807, 2.05) is 0 Å². The van der Waals surface area contributed by atoms with Gasteiger partial charge in [-0.05, 0) is 29.8 Å². The van der Waals surface area contributed by atoms with Crippen molar-refractivity contribution in [1.82, 2.24) is 10.2 Å². The lowest BCUT2D eigenvalue weighted by molar-refractivity contribution is -0.127. The highest BCUT2D eigenvalue weighted by Gasteiger charge is 2.35. The number of nitrogens with zero attached hydrogens (tertiary/aromatic N) is 1. The molecule has 0 radical (unpaired) electrons. The van der Waals surface area contributed by atoms with Crippen LogP contribution in [-0.2, 0) is 9.59 Å². The van der Waals surface area contributed by atoms with Crippen molar-refractivity contribution in [2.45, 2.75) is 0 Å². The number of halogens is 2. The Balaban J connectivity index is 1.72. The molecule has 8 heteroatoms. The summed E-state index contributed by atoms with van der Waals surface area (Å²) in [4.78, 5) is 37.1. The van der Waals surface area contributed by atoms with Gasteiger partial charge in [0.15, 0.2) is 0 Å². The van der Waals surface area contributed by atoms with E-state index in [2.05, 4.69) is 10.6 Å². The molecule has 1 heterocycles. The number of amides is 4. The normalized spacial score (nSPS) is 15.3. The Morgan fingerprint density at radius 2 is 1.85 bits per heavy atom. The fourth-order valence-electron chi connectivity index (χ4n) is 2.36. The highest BCUT2D eigenvalue weighted by Crippen LogP contribution is 2.20. The highest BCUT2D eigenvalue weighted by atomic mass is 35.5. The number of carbonyl (C=O) groups is 3. The van der Waals surface area contributed by atoms with E-state index < -0.39 is 30.2 Å². The minimum absolute atomic E-state index is 0.00166. The molecule has 0 aromatic heterocycles. The fourth-order valence-corrected chi connectivity index (χ4v) is 2.55. The first kappa shape index (κ1) is 17.6. The molecule has 1 aliphatic heterocycles. The number of rotatable bonds is 4. The first-order valence-corrected chi connectivity index (χ1v) is 7.97. The fraction of sp³-hybridized carbons (Fsp3) is 0.0556. The second-order valence-corrected chi connectivity index (χ2v) is 5.84. The third-order valence-corrected chi connectivity index (χ3v) is 3.96. The topological polar surface area (TPSA) is 78.5 Å². The molecule has 3 rings (SSSR count). The zero-order valence-electron chi connectivity index (χ0n) is 13.3. The Labute approximate surface area is 153 Å². The summed E-state index contributed by atoms with van der Waals surface area (Å²) in [6, 6.07) is 11.7. The van der Waals surface area contributed by atoms with E-state index in [-0.39, 0.29) is 11.4 Å². The monoisotopic (exact) mass is 373 g/mol. The first-order valence-electron chi connectivity index (χ1n) is 7.59. The SMILES string of the molecule is O=C(CN1C(=O)N/C(=C/c2ccccc2Cl)C1=O)Nc1ccccc1F. The molecule has 4 amide bonds. The van der Waals surface area contributed by atoms with Gasteiger partial charge in [0.1, 0.15) is 18.1 Å². The van der Waals surface area contributed by atoms with Gasteiger partial charge in [0.2, 0.25) is 5.91 Å². The van der Waals surface area contributed by atoms with Gasteiger partial charge in [-0.1, -0.05) is 41.9 Å². The van der Waals surface area contributed by atoms with Gasteiger partial charge in [-0.2, -0.15) is 0 Å². The van der Waals surface area contributed by atoms with Gasteiger partial charge < -0.3 is 10.6 Å². The molecule has 0 unspecified atom stereocenters. The zero-order chi connectivity index (χ0) is 18.7. The number of imide groups is 1. The van der Waals surface area contributed by atoms with Crippen molar-refractivity contribution >= 4 is 41.2 Å². The van der Waals surface area contributed by atoms with Crippen LogP contribution in [0.1, 0.15) is 5.56 Å². The molecular weight excluding hydrogens is 361 g/mol. The third kappa shape index (κ3) is 3.73. The molecule has 1 aliphatic rings. The van der Waals surface area contributed by atoms with E-state index in [1.165, 1.54) is 24.3 Å². The number of hydrogen-bond donors (Lipinski definition) is 2. The van der Waals surface area contributed by atoms with Gasteiger partial charge in [-0.25, -0.2) is 14.1 Å². The van der Waals surface area contributed by atoms with Crippen molar-refractivity contribution in [3.8, 4) is 0 Å². The Morgan fingerprint density at radius 1 is 1.15 bits per heavy atom. The molecule has 2 aromatic rings. The van der Waals surface area contributed by atoms with Crippen LogP contribution in [0.3, 0.4) is 0 Å². The van der Waals surface area contributed by atoms with E-state index in [0.29, 0.717) is 10.6 Å². The smallest absolute Gasteiger partial charge is 0.322 e. The van der Waals surface area contributed by atoms with Crippen molar-refractivity contribution in [3.63, 3.8) is 0 Å². The predicted molar refractivity (Wildman–Crippen MR) is 94.7 cm³/mol. The van der Waals surface area contributed by atoms with Crippen molar-refractivity contribution in [2.24, 2.45) is 0 Å². The van der Waals surface area contributed by atoms with Gasteiger partial charge in [0.05, 0.1) is 5.69 Å². The van der Waals surface area contributed by atoms with Crippen molar-refractivity contribution in [2.75, 3.05) is 11.9 Å². The van der Waals surface area contributed by atoms with Crippen molar-refractivity contribution < 1.29 is 18.8 Å². The molecule has 132 valence electrons. The van der Waals surface area contributed by atoms with E-state index in [4.69, 9.17) is 11.6 Å². The molecule has 1 fully saturated rings. The van der Waals surface area contributed by atoms with Crippen LogP contribution in [-0.4, -0.2) is 29.3 Å². The molecule has 0 saturated carbocycles. The molecule has 0 bridgehead atoms. The average molecular weight is 374 g/mol. The molecule has 0 atom stereocenters. The molecule has 0 spiro atoms. The van der Waals surface area contributed by atoms with Gasteiger partial charge in [-0.3, -0.25) is 9.59 Å². The van der Waals surface area contributed by atoms with Crippen LogP contribution in [0.4, 0.5) is 14.9 Å². The molecular formula is C18H13ClFN3O3. The first-order chi connectivity index (χ1) is 12.5. The maximum absolute atomic E-state index is 13.6. The summed E-state index contributed by atoms with van der Waals surface area (Å²) >= 11 is 6.03. The third-order valence-electron chi connectivity index (χ3n) is 3.62. The molecule has 0 aliphatic carbocycles. The summed E-state index contributed by atoms with van der Waals surface area (Å²) < 4.78 is 13.6. The van der Waals surface area contributed by atoms with Crippen LogP contribution in [0.15, 0.2) is 54.2 Å². The summed E-state index contributed by atoms with van der Waals surface area (Å²) in [7, 11) is 0. The number of carbonyl (C=O) groups excluding carboxylic acids is 3. The maximum Gasteiger partial charge on any atom is 0.329 e. The van der Waals surface area contributed by atoms with Gasteiger partial charge in [-0.15, -0.1) is 0 Å². The molecule has 26 heavy (non-hydrogen) atoms.